The van der Waals surface area contributed by atoms with Crippen molar-refractivity contribution in [1.82, 2.24) is 15.1 Å². The van der Waals surface area contributed by atoms with E-state index in [1.165, 1.54) is 23.8 Å². The van der Waals surface area contributed by atoms with Crippen molar-refractivity contribution < 1.29 is 18.7 Å². The molecular weight excluding hydrogens is 472 g/mol. The van der Waals surface area contributed by atoms with E-state index in [1.807, 2.05) is 38.6 Å². The van der Waals surface area contributed by atoms with Crippen LogP contribution in [-0.4, -0.2) is 32.4 Å². The predicted octanol–water partition coefficient (Wildman–Crippen LogP) is 6.03. The van der Waals surface area contributed by atoms with Gasteiger partial charge in [0, 0.05) is 11.0 Å². The molecule has 2 aromatic carbocycles. The Hall–Kier alpha value is -3.32. The lowest BCUT2D eigenvalue weighted by Gasteiger charge is -2.33. The van der Waals surface area contributed by atoms with Crippen molar-refractivity contribution in [2.45, 2.75) is 71.9 Å². The Labute approximate surface area is 217 Å². The van der Waals surface area contributed by atoms with E-state index in [2.05, 4.69) is 23.4 Å². The van der Waals surface area contributed by atoms with Crippen molar-refractivity contribution in [3.8, 4) is 5.69 Å². The minimum absolute atomic E-state index is 0.149. The van der Waals surface area contributed by atoms with Crippen molar-refractivity contribution in [3.05, 3.63) is 88.3 Å². The monoisotopic (exact) mass is 507 g/mol. The van der Waals surface area contributed by atoms with Gasteiger partial charge in [0.1, 0.15) is 11.6 Å². The lowest BCUT2D eigenvalue weighted by atomic mass is 9.74. The van der Waals surface area contributed by atoms with Gasteiger partial charge < -0.3 is 10.4 Å². The van der Waals surface area contributed by atoms with Crippen molar-refractivity contribution >= 4 is 12.0 Å². The van der Waals surface area contributed by atoms with E-state index in [0.717, 1.165) is 41.8 Å². The minimum Gasteiger partial charge on any atom is -0.392 e. The highest BCUT2D eigenvalue weighted by Crippen LogP contribution is 2.49. The number of carbonyl (C=O) groups is 1. The van der Waals surface area contributed by atoms with Crippen LogP contribution in [0.4, 0.5) is 8.78 Å². The average molecular weight is 508 g/mol. The van der Waals surface area contributed by atoms with Gasteiger partial charge in [0.2, 0.25) is 0 Å². The first-order valence-electron chi connectivity index (χ1n) is 12.7. The van der Waals surface area contributed by atoms with Crippen LogP contribution in [0.1, 0.15) is 74.6 Å². The topological polar surface area (TPSA) is 67.1 Å². The third-order valence-corrected chi connectivity index (χ3v) is 7.18. The van der Waals surface area contributed by atoms with Crippen molar-refractivity contribution in [1.29, 1.82) is 0 Å². The lowest BCUT2D eigenvalue weighted by molar-refractivity contribution is 0.0836. The van der Waals surface area contributed by atoms with Crippen LogP contribution in [-0.2, 0) is 12.8 Å². The Bertz CT molecular complexity index is 1320. The Balaban J connectivity index is 0.000000181. The molecule has 2 atom stereocenters. The number of carbonyl (C=O) groups excluding carboxylic acids is 1. The number of fused-ring (bicyclic) bond motifs is 2. The predicted molar refractivity (Wildman–Crippen MR) is 142 cm³/mol. The molecule has 0 bridgehead atoms. The van der Waals surface area contributed by atoms with Gasteiger partial charge in [0.15, 0.2) is 0 Å². The smallest absolute Gasteiger partial charge is 0.254 e. The highest BCUT2D eigenvalue weighted by atomic mass is 19.1. The van der Waals surface area contributed by atoms with Crippen molar-refractivity contribution in [2.24, 2.45) is 5.41 Å². The summed E-state index contributed by atoms with van der Waals surface area (Å²) in [7, 11) is 0. The number of aliphatic hydroxyl groups is 1. The van der Waals surface area contributed by atoms with E-state index in [-0.39, 0.29) is 34.3 Å². The number of nitrogens with zero attached hydrogens (tertiary/aromatic N) is 2. The van der Waals surface area contributed by atoms with Gasteiger partial charge in [-0.1, -0.05) is 31.6 Å². The molecule has 1 heterocycles. The van der Waals surface area contributed by atoms with Crippen LogP contribution in [0.15, 0.2) is 54.2 Å². The third kappa shape index (κ3) is 5.52. The molecule has 5 nitrogen and oxygen atoms in total. The molecule has 0 spiro atoms. The molecule has 196 valence electrons. The molecule has 0 saturated heterocycles. The second-order valence-corrected chi connectivity index (χ2v) is 11.1. The maximum atomic E-state index is 13.6. The Morgan fingerprint density at radius 3 is 2.54 bits per heavy atom. The number of aryl methyl sites for hydroxylation is 1. The molecule has 5 rings (SSSR count). The maximum absolute atomic E-state index is 13.6. The summed E-state index contributed by atoms with van der Waals surface area (Å²) < 4.78 is 28.5. The van der Waals surface area contributed by atoms with E-state index in [9.17, 15) is 18.7 Å². The SMILES string of the molecule is CC12Cc3cnn(-c4ccc(F)cc4)c3C=C1CCC2O.CCc1cccc(F)c1C(=O)NC(C)(C)C. The zero-order chi connectivity index (χ0) is 27.0. The second kappa shape index (κ2) is 10.2. The van der Waals surface area contributed by atoms with Crippen LogP contribution in [0.3, 0.4) is 0 Å². The first-order chi connectivity index (χ1) is 17.4. The molecule has 0 radical (unpaired) electrons. The van der Waals surface area contributed by atoms with Crippen LogP contribution in [0.5, 0.6) is 0 Å². The number of benzene rings is 2. The standard InChI is InChI=1S/C17H17FN2O.C13H18FNO/c1-17-9-11-10-19-20(14-5-3-13(18)4-6-14)15(11)8-12(17)2-7-16(17)21;1-5-9-7-6-8-10(14)11(9)12(16)15-13(2,3)4/h3-6,8,10,16,21H,2,7,9H2,1H3;6-8H,5H2,1-4H3,(H,15,16). The Kier molecular flexibility index (Phi) is 7.38. The number of aromatic nitrogens is 2. The van der Waals surface area contributed by atoms with Gasteiger partial charge in [0.25, 0.3) is 5.91 Å². The molecule has 1 aromatic heterocycles. The third-order valence-electron chi connectivity index (χ3n) is 7.18. The summed E-state index contributed by atoms with van der Waals surface area (Å²) in [6.07, 6.45) is 6.98. The number of rotatable bonds is 3. The van der Waals surface area contributed by atoms with Crippen molar-refractivity contribution in [3.63, 3.8) is 0 Å². The molecule has 1 amide bonds. The molecule has 3 aromatic rings. The highest BCUT2D eigenvalue weighted by Gasteiger charge is 2.44. The van der Waals surface area contributed by atoms with E-state index in [4.69, 9.17) is 0 Å². The number of aliphatic hydroxyl groups excluding tert-OH is 1. The number of halogens is 2. The molecule has 2 N–H and O–H groups in total. The van der Waals surface area contributed by atoms with Crippen LogP contribution in [0, 0.1) is 17.0 Å². The first kappa shape index (κ1) is 26.7. The fourth-order valence-corrected chi connectivity index (χ4v) is 5.13. The van der Waals surface area contributed by atoms with Gasteiger partial charge in [-0.25, -0.2) is 13.5 Å². The lowest BCUT2D eigenvalue weighted by Crippen LogP contribution is -2.41. The molecule has 2 aliphatic rings. The largest absolute Gasteiger partial charge is 0.392 e. The quantitative estimate of drug-likeness (QED) is 0.455. The number of hydrogen-bond acceptors (Lipinski definition) is 3. The highest BCUT2D eigenvalue weighted by molar-refractivity contribution is 5.96. The fraction of sp³-hybridized carbons (Fsp3) is 0.400. The van der Waals surface area contributed by atoms with Crippen molar-refractivity contribution in [2.75, 3.05) is 0 Å². The van der Waals surface area contributed by atoms with Gasteiger partial charge in [-0.05, 0) is 94.0 Å². The van der Waals surface area contributed by atoms with E-state index in [0.29, 0.717) is 6.42 Å². The maximum Gasteiger partial charge on any atom is 0.254 e. The summed E-state index contributed by atoms with van der Waals surface area (Å²) in [4.78, 5) is 11.9. The Morgan fingerprint density at radius 1 is 1.19 bits per heavy atom. The second-order valence-electron chi connectivity index (χ2n) is 11.1. The summed E-state index contributed by atoms with van der Waals surface area (Å²) in [6, 6.07) is 11.1. The molecule has 7 heteroatoms. The van der Waals surface area contributed by atoms with Gasteiger partial charge in [0.05, 0.1) is 29.2 Å². The minimum atomic E-state index is -0.457. The molecule has 1 fully saturated rings. The summed E-state index contributed by atoms with van der Waals surface area (Å²) in [6.45, 7) is 9.66. The molecule has 37 heavy (non-hydrogen) atoms. The van der Waals surface area contributed by atoms with E-state index in [1.54, 1.807) is 24.3 Å². The number of hydrogen-bond donors (Lipinski definition) is 2. The molecule has 2 unspecified atom stereocenters. The number of amides is 1. The Morgan fingerprint density at radius 2 is 1.89 bits per heavy atom. The summed E-state index contributed by atoms with van der Waals surface area (Å²) in [5.41, 5.74) is 4.76. The van der Waals surface area contributed by atoms with E-state index >= 15 is 0 Å². The first-order valence-corrected chi connectivity index (χ1v) is 12.7. The fourth-order valence-electron chi connectivity index (χ4n) is 5.13. The summed E-state index contributed by atoms with van der Waals surface area (Å²) >= 11 is 0. The molecule has 1 saturated carbocycles. The van der Waals surface area contributed by atoms with Gasteiger partial charge >= 0.3 is 0 Å². The summed E-state index contributed by atoms with van der Waals surface area (Å²) in [5, 5.41) is 17.5. The van der Waals surface area contributed by atoms with Gasteiger partial charge in [-0.2, -0.15) is 5.10 Å². The molecule has 0 aliphatic heterocycles. The van der Waals surface area contributed by atoms with Gasteiger partial charge in [-0.15, -0.1) is 0 Å². The zero-order valence-electron chi connectivity index (χ0n) is 22.1. The van der Waals surface area contributed by atoms with Crippen LogP contribution < -0.4 is 5.32 Å². The average Bonchev–Trinajstić information content (AvgIpc) is 3.36. The normalized spacial score (nSPS) is 20.3. The number of nitrogens with one attached hydrogen (secondary N) is 1. The van der Waals surface area contributed by atoms with Gasteiger partial charge in [-0.3, -0.25) is 4.79 Å². The summed E-state index contributed by atoms with van der Waals surface area (Å²) in [5.74, 6) is -1.05. The molecule has 2 aliphatic carbocycles. The van der Waals surface area contributed by atoms with E-state index < -0.39 is 5.82 Å². The van der Waals surface area contributed by atoms with Crippen LogP contribution in [0.25, 0.3) is 11.8 Å². The van der Waals surface area contributed by atoms with Crippen LogP contribution >= 0.6 is 0 Å². The molecular formula is C30H35F2N3O2. The zero-order valence-corrected chi connectivity index (χ0v) is 22.1. The van der Waals surface area contributed by atoms with Crippen LogP contribution in [0.2, 0.25) is 0 Å².